The summed E-state index contributed by atoms with van der Waals surface area (Å²) in [6, 6.07) is 15.7. The first-order chi connectivity index (χ1) is 17.8. The number of rotatable bonds is 7. The minimum absolute atomic E-state index is 0.0144. The number of phenolic OH excluding ortho intramolecular Hbond substituents is 1. The number of nitrogens with zero attached hydrogens (tertiary/aromatic N) is 1. The van der Waals surface area contributed by atoms with E-state index in [4.69, 9.17) is 14.2 Å². The van der Waals surface area contributed by atoms with Crippen LogP contribution in [0.2, 0.25) is 0 Å². The van der Waals surface area contributed by atoms with Gasteiger partial charge in [0, 0.05) is 5.69 Å². The lowest BCUT2D eigenvalue weighted by Crippen LogP contribution is -2.29. The number of benzene rings is 3. The molecule has 0 spiro atoms. The number of hydrogen-bond acceptors (Lipinski definition) is 8. The molecule has 1 heterocycles. The van der Waals surface area contributed by atoms with Crippen molar-refractivity contribution in [1.29, 1.82) is 0 Å². The maximum atomic E-state index is 13.4. The van der Waals surface area contributed by atoms with Crippen LogP contribution in [-0.4, -0.2) is 48.7 Å². The molecule has 9 nitrogen and oxygen atoms in total. The molecule has 1 atom stereocenters. The van der Waals surface area contributed by atoms with E-state index >= 15 is 0 Å². The van der Waals surface area contributed by atoms with Gasteiger partial charge in [-0.2, -0.15) is 0 Å². The minimum atomic E-state index is -1.08. The number of aliphatic hydroxyl groups excluding tert-OH is 1. The number of ketones is 1. The Balaban J connectivity index is 1.95. The van der Waals surface area contributed by atoms with Crippen molar-refractivity contribution in [2.75, 3.05) is 25.7 Å². The van der Waals surface area contributed by atoms with Crippen molar-refractivity contribution in [2.45, 2.75) is 13.0 Å². The van der Waals surface area contributed by atoms with Crippen LogP contribution < -0.4 is 14.4 Å². The van der Waals surface area contributed by atoms with E-state index in [9.17, 15) is 24.6 Å². The summed E-state index contributed by atoms with van der Waals surface area (Å²) in [6.07, 6.45) is 0. The molecule has 0 bridgehead atoms. The molecular weight excluding hydrogens is 478 g/mol. The van der Waals surface area contributed by atoms with E-state index in [1.54, 1.807) is 43.3 Å². The Bertz CT molecular complexity index is 1390. The molecule has 1 aliphatic heterocycles. The van der Waals surface area contributed by atoms with Crippen molar-refractivity contribution >= 4 is 29.1 Å². The fraction of sp³-hybridized carbons (Fsp3) is 0.179. The number of ether oxygens (including phenoxy) is 3. The van der Waals surface area contributed by atoms with Crippen molar-refractivity contribution in [2.24, 2.45) is 0 Å². The average Bonchev–Trinajstić information content (AvgIpc) is 3.18. The molecule has 37 heavy (non-hydrogen) atoms. The standard InChI is InChI=1S/C28H25NO8/c1-4-37-28(34)17-6-5-7-18(14-17)29-24(16-8-10-19(30)11-9-16)23(26(32)27(29)33)25(31)21-15-20(35-2)12-13-22(21)36-3/h5-15,24,30-31H,4H2,1-3H3/b25-23+. The number of carbonyl (C=O) groups excluding carboxylic acids is 3. The predicted molar refractivity (Wildman–Crippen MR) is 135 cm³/mol. The van der Waals surface area contributed by atoms with Crippen LogP contribution in [0.25, 0.3) is 5.76 Å². The maximum Gasteiger partial charge on any atom is 0.338 e. The van der Waals surface area contributed by atoms with Gasteiger partial charge in [-0.05, 0) is 61.0 Å². The van der Waals surface area contributed by atoms with Crippen LogP contribution in [0.4, 0.5) is 5.69 Å². The Morgan fingerprint density at radius 2 is 1.70 bits per heavy atom. The van der Waals surface area contributed by atoms with E-state index in [0.717, 1.165) is 0 Å². The van der Waals surface area contributed by atoms with Crippen LogP contribution in [0.15, 0.2) is 72.3 Å². The number of phenols is 1. The summed E-state index contributed by atoms with van der Waals surface area (Å²) < 4.78 is 15.7. The number of aliphatic hydroxyl groups is 1. The highest BCUT2D eigenvalue weighted by atomic mass is 16.5. The summed E-state index contributed by atoms with van der Waals surface area (Å²) in [5, 5.41) is 21.2. The van der Waals surface area contributed by atoms with Gasteiger partial charge in [-0.3, -0.25) is 14.5 Å². The van der Waals surface area contributed by atoms with Gasteiger partial charge in [0.2, 0.25) is 0 Å². The normalized spacial score (nSPS) is 16.5. The molecule has 1 amide bonds. The van der Waals surface area contributed by atoms with Gasteiger partial charge < -0.3 is 24.4 Å². The van der Waals surface area contributed by atoms with Gasteiger partial charge >= 0.3 is 5.97 Å². The van der Waals surface area contributed by atoms with E-state index < -0.39 is 29.5 Å². The molecule has 0 radical (unpaired) electrons. The molecule has 0 aromatic heterocycles. The van der Waals surface area contributed by atoms with Crippen molar-refractivity contribution in [3.05, 3.63) is 89.0 Å². The lowest BCUT2D eigenvalue weighted by atomic mass is 9.94. The summed E-state index contributed by atoms with van der Waals surface area (Å²) in [6.45, 7) is 1.85. The van der Waals surface area contributed by atoms with Gasteiger partial charge in [-0.15, -0.1) is 0 Å². The van der Waals surface area contributed by atoms with Gasteiger partial charge in [0.25, 0.3) is 11.7 Å². The van der Waals surface area contributed by atoms with Crippen LogP contribution in [0, 0.1) is 0 Å². The van der Waals surface area contributed by atoms with E-state index in [2.05, 4.69) is 0 Å². The Hall–Kier alpha value is -4.79. The Morgan fingerprint density at radius 1 is 0.973 bits per heavy atom. The smallest absolute Gasteiger partial charge is 0.338 e. The number of Topliss-reactive ketones (excluding diaryl/α,β-unsaturated/α-hetero) is 1. The lowest BCUT2D eigenvalue weighted by Gasteiger charge is -2.26. The zero-order valence-corrected chi connectivity index (χ0v) is 20.4. The number of hydrogen-bond donors (Lipinski definition) is 2. The van der Waals surface area contributed by atoms with Crippen LogP contribution in [0.3, 0.4) is 0 Å². The molecule has 190 valence electrons. The third-order valence-corrected chi connectivity index (χ3v) is 5.95. The fourth-order valence-corrected chi connectivity index (χ4v) is 4.21. The SMILES string of the molecule is CCOC(=O)c1cccc(N2C(=O)C(=O)/C(=C(/O)c3cc(OC)ccc3OC)C2c2ccc(O)cc2)c1. The summed E-state index contributed by atoms with van der Waals surface area (Å²) in [5.74, 6) is -2.22. The number of esters is 1. The molecule has 1 aliphatic rings. The highest BCUT2D eigenvalue weighted by Gasteiger charge is 2.47. The molecule has 1 unspecified atom stereocenters. The lowest BCUT2D eigenvalue weighted by molar-refractivity contribution is -0.132. The van der Waals surface area contributed by atoms with Crippen LogP contribution in [0.5, 0.6) is 17.2 Å². The van der Waals surface area contributed by atoms with E-state index in [0.29, 0.717) is 11.3 Å². The highest BCUT2D eigenvalue weighted by molar-refractivity contribution is 6.51. The first-order valence-electron chi connectivity index (χ1n) is 11.4. The third kappa shape index (κ3) is 4.71. The van der Waals surface area contributed by atoms with Crippen LogP contribution in [-0.2, 0) is 14.3 Å². The average molecular weight is 504 g/mol. The number of methoxy groups -OCH3 is 2. The zero-order chi connectivity index (χ0) is 26.7. The predicted octanol–water partition coefficient (Wildman–Crippen LogP) is 4.21. The number of anilines is 1. The van der Waals surface area contributed by atoms with Gasteiger partial charge in [0.1, 0.15) is 23.0 Å². The second-order valence-corrected chi connectivity index (χ2v) is 8.10. The molecule has 2 N–H and O–H groups in total. The third-order valence-electron chi connectivity index (χ3n) is 5.95. The summed E-state index contributed by atoms with van der Waals surface area (Å²) in [7, 11) is 2.87. The van der Waals surface area contributed by atoms with E-state index in [1.807, 2.05) is 0 Å². The quantitative estimate of drug-likeness (QED) is 0.213. The number of carbonyl (C=O) groups is 3. The topological polar surface area (TPSA) is 123 Å². The van der Waals surface area contributed by atoms with Gasteiger partial charge in [-0.1, -0.05) is 18.2 Å². The van der Waals surface area contributed by atoms with Crippen molar-refractivity contribution in [1.82, 2.24) is 0 Å². The molecule has 1 fully saturated rings. The molecule has 0 saturated carbocycles. The summed E-state index contributed by atoms with van der Waals surface area (Å²) in [4.78, 5) is 40.3. The van der Waals surface area contributed by atoms with Crippen molar-refractivity contribution in [3.63, 3.8) is 0 Å². The van der Waals surface area contributed by atoms with E-state index in [1.165, 1.54) is 49.5 Å². The van der Waals surface area contributed by atoms with E-state index in [-0.39, 0.29) is 40.5 Å². The Morgan fingerprint density at radius 3 is 2.35 bits per heavy atom. The second-order valence-electron chi connectivity index (χ2n) is 8.10. The summed E-state index contributed by atoms with van der Waals surface area (Å²) >= 11 is 0. The zero-order valence-electron chi connectivity index (χ0n) is 20.4. The molecule has 0 aliphatic carbocycles. The van der Waals surface area contributed by atoms with Crippen molar-refractivity contribution in [3.8, 4) is 17.2 Å². The van der Waals surface area contributed by atoms with Crippen LogP contribution in [0.1, 0.15) is 34.5 Å². The molecule has 4 rings (SSSR count). The second kappa shape index (κ2) is 10.4. The molecule has 1 saturated heterocycles. The molecular formula is C28H25NO8. The van der Waals surface area contributed by atoms with Gasteiger partial charge in [0.05, 0.1) is 43.6 Å². The first-order valence-corrected chi connectivity index (χ1v) is 11.4. The number of aromatic hydroxyl groups is 1. The van der Waals surface area contributed by atoms with Crippen molar-refractivity contribution < 1.29 is 38.8 Å². The number of amides is 1. The molecule has 3 aromatic rings. The monoisotopic (exact) mass is 503 g/mol. The Kier molecular flexibility index (Phi) is 7.15. The van der Waals surface area contributed by atoms with Crippen LogP contribution >= 0.6 is 0 Å². The highest BCUT2D eigenvalue weighted by Crippen LogP contribution is 2.44. The fourth-order valence-electron chi connectivity index (χ4n) is 4.21. The minimum Gasteiger partial charge on any atom is -0.508 e. The Labute approximate surface area is 213 Å². The summed E-state index contributed by atoms with van der Waals surface area (Å²) in [5.41, 5.74) is 0.859. The molecule has 9 heteroatoms. The first kappa shape index (κ1) is 25.3. The largest absolute Gasteiger partial charge is 0.508 e. The van der Waals surface area contributed by atoms with Gasteiger partial charge in [0.15, 0.2) is 0 Å². The maximum absolute atomic E-state index is 13.4. The van der Waals surface area contributed by atoms with Gasteiger partial charge in [-0.25, -0.2) is 4.79 Å². The molecule has 3 aromatic carbocycles.